The number of hydrogen-bond acceptors (Lipinski definition) is 1. The third-order valence-corrected chi connectivity index (χ3v) is 2.21. The molecule has 0 aliphatic carbocycles. The normalized spacial score (nSPS) is 7.62. The molecular formula is C12H20S. The van der Waals surface area contributed by atoms with Crippen LogP contribution in [0.3, 0.4) is 0 Å². The maximum atomic E-state index is 3.72. The molecule has 0 aliphatic heterocycles. The van der Waals surface area contributed by atoms with E-state index in [4.69, 9.17) is 0 Å². The van der Waals surface area contributed by atoms with Crippen molar-refractivity contribution in [2.45, 2.75) is 20.8 Å². The van der Waals surface area contributed by atoms with Gasteiger partial charge in [-0.05, 0) is 11.3 Å². The summed E-state index contributed by atoms with van der Waals surface area (Å²) < 4.78 is 0. The molecule has 13 heavy (non-hydrogen) atoms. The summed E-state index contributed by atoms with van der Waals surface area (Å²) in [6.07, 6.45) is 5.44. The van der Waals surface area contributed by atoms with Gasteiger partial charge in [-0.3, -0.25) is 0 Å². The Morgan fingerprint density at radius 2 is 1.54 bits per heavy atom. The van der Waals surface area contributed by atoms with E-state index in [0.29, 0.717) is 0 Å². The van der Waals surface area contributed by atoms with Crippen LogP contribution in [-0.4, -0.2) is 5.75 Å². The van der Waals surface area contributed by atoms with Gasteiger partial charge in [0.1, 0.15) is 0 Å². The monoisotopic (exact) mass is 196 g/mol. The second-order valence-corrected chi connectivity index (χ2v) is 3.17. The second kappa shape index (κ2) is 11.3. The molecule has 0 saturated carbocycles. The lowest BCUT2D eigenvalue weighted by Crippen LogP contribution is -1.78. The molecule has 0 amide bonds. The predicted molar refractivity (Wildman–Crippen MR) is 67.1 cm³/mol. The van der Waals surface area contributed by atoms with Gasteiger partial charge in [0.25, 0.3) is 0 Å². The summed E-state index contributed by atoms with van der Waals surface area (Å²) in [6.45, 7) is 17.2. The minimum atomic E-state index is 1.05. The van der Waals surface area contributed by atoms with Crippen molar-refractivity contribution in [3.8, 4) is 0 Å². The van der Waals surface area contributed by atoms with Crippen LogP contribution in [0.5, 0.6) is 0 Å². The fourth-order valence-electron chi connectivity index (χ4n) is 0.700. The predicted octanol–water partition coefficient (Wildman–Crippen LogP) is 4.58. The Morgan fingerprint density at radius 1 is 1.08 bits per heavy atom. The molecule has 0 unspecified atom stereocenters. The quantitative estimate of drug-likeness (QED) is 0.580. The summed E-state index contributed by atoms with van der Waals surface area (Å²) in [5.74, 6) is 1.05. The van der Waals surface area contributed by atoms with Crippen LogP contribution < -0.4 is 0 Å². The highest BCUT2D eigenvalue weighted by Gasteiger charge is 1.94. The lowest BCUT2D eigenvalue weighted by atomic mass is 10.2. The fourth-order valence-corrected chi connectivity index (χ4v) is 1.46. The SMILES string of the molecule is C=CC(C=C)=C(C=C)SCC.CC. The van der Waals surface area contributed by atoms with Crippen LogP contribution >= 0.6 is 11.8 Å². The van der Waals surface area contributed by atoms with Gasteiger partial charge in [-0.25, -0.2) is 0 Å². The van der Waals surface area contributed by atoms with E-state index in [1.807, 2.05) is 19.9 Å². The molecular weight excluding hydrogens is 176 g/mol. The molecule has 0 heterocycles. The van der Waals surface area contributed by atoms with Gasteiger partial charge in [-0.15, -0.1) is 11.8 Å². The Labute approximate surface area is 87.1 Å². The van der Waals surface area contributed by atoms with Gasteiger partial charge in [-0.1, -0.05) is 58.7 Å². The van der Waals surface area contributed by atoms with Crippen molar-refractivity contribution in [2.75, 3.05) is 5.75 Å². The average molecular weight is 196 g/mol. The lowest BCUT2D eigenvalue weighted by Gasteiger charge is -2.01. The smallest absolute Gasteiger partial charge is 0.0138 e. The molecule has 0 nitrogen and oxygen atoms in total. The summed E-state index contributed by atoms with van der Waals surface area (Å²) in [5, 5.41) is 0. The Balaban J connectivity index is 0. The van der Waals surface area contributed by atoms with Gasteiger partial charge in [0, 0.05) is 4.91 Å². The first-order valence-electron chi connectivity index (χ1n) is 4.54. The fraction of sp³-hybridized carbons (Fsp3) is 0.333. The number of allylic oxidation sites excluding steroid dienone is 4. The van der Waals surface area contributed by atoms with E-state index in [1.54, 1.807) is 23.9 Å². The molecule has 0 fully saturated rings. The zero-order chi connectivity index (χ0) is 10.7. The van der Waals surface area contributed by atoms with E-state index in [0.717, 1.165) is 16.2 Å². The van der Waals surface area contributed by atoms with Crippen LogP contribution in [-0.2, 0) is 0 Å². The number of rotatable bonds is 5. The zero-order valence-electron chi connectivity index (χ0n) is 8.97. The summed E-state index contributed by atoms with van der Waals surface area (Å²) in [6, 6.07) is 0. The van der Waals surface area contributed by atoms with Crippen molar-refractivity contribution in [1.29, 1.82) is 0 Å². The maximum Gasteiger partial charge on any atom is 0.0138 e. The zero-order valence-corrected chi connectivity index (χ0v) is 9.79. The minimum Gasteiger partial charge on any atom is -0.126 e. The molecule has 0 rings (SSSR count). The van der Waals surface area contributed by atoms with Crippen LogP contribution in [0.4, 0.5) is 0 Å². The van der Waals surface area contributed by atoms with Gasteiger partial charge >= 0.3 is 0 Å². The molecule has 0 aromatic heterocycles. The standard InChI is InChI=1S/C10H14S.C2H6/c1-5-9(6-2)10(7-3)11-8-4;1-2/h5-7H,1-3,8H2,4H3;1-2H3. The van der Waals surface area contributed by atoms with Crippen LogP contribution in [0.15, 0.2) is 48.4 Å². The molecule has 1 heteroatoms. The van der Waals surface area contributed by atoms with Gasteiger partial charge in [0.05, 0.1) is 0 Å². The van der Waals surface area contributed by atoms with E-state index in [9.17, 15) is 0 Å². The van der Waals surface area contributed by atoms with Gasteiger partial charge in [0.2, 0.25) is 0 Å². The third kappa shape index (κ3) is 6.47. The van der Waals surface area contributed by atoms with E-state index in [1.165, 1.54) is 0 Å². The maximum absolute atomic E-state index is 3.72. The Hall–Kier alpha value is -0.690. The largest absolute Gasteiger partial charge is 0.126 e. The molecule has 0 radical (unpaired) electrons. The van der Waals surface area contributed by atoms with E-state index in [2.05, 4.69) is 26.7 Å². The summed E-state index contributed by atoms with van der Waals surface area (Å²) in [4.78, 5) is 1.15. The lowest BCUT2D eigenvalue weighted by molar-refractivity contribution is 1.50. The van der Waals surface area contributed by atoms with E-state index < -0.39 is 0 Å². The summed E-state index contributed by atoms with van der Waals surface area (Å²) in [5.41, 5.74) is 1.06. The minimum absolute atomic E-state index is 1.05. The first kappa shape index (κ1) is 14.8. The highest BCUT2D eigenvalue weighted by atomic mass is 32.2. The molecule has 0 spiro atoms. The highest BCUT2D eigenvalue weighted by Crippen LogP contribution is 2.21. The average Bonchev–Trinajstić information content (AvgIpc) is 2.21. The highest BCUT2D eigenvalue weighted by molar-refractivity contribution is 8.03. The summed E-state index contributed by atoms with van der Waals surface area (Å²) in [7, 11) is 0. The summed E-state index contributed by atoms with van der Waals surface area (Å²) >= 11 is 1.75. The number of thioether (sulfide) groups is 1. The molecule has 0 N–H and O–H groups in total. The van der Waals surface area contributed by atoms with Gasteiger partial charge in [-0.2, -0.15) is 0 Å². The molecule has 74 valence electrons. The van der Waals surface area contributed by atoms with E-state index >= 15 is 0 Å². The molecule has 0 saturated heterocycles. The van der Waals surface area contributed by atoms with Crippen molar-refractivity contribution in [2.24, 2.45) is 0 Å². The Kier molecular flexibility index (Phi) is 12.9. The molecule has 0 bridgehead atoms. The van der Waals surface area contributed by atoms with Crippen LogP contribution in [0.25, 0.3) is 0 Å². The third-order valence-electron chi connectivity index (χ3n) is 1.21. The number of hydrogen-bond donors (Lipinski definition) is 0. The van der Waals surface area contributed by atoms with Crippen molar-refractivity contribution < 1.29 is 0 Å². The molecule has 0 atom stereocenters. The second-order valence-electron chi connectivity index (χ2n) is 1.86. The van der Waals surface area contributed by atoms with Crippen molar-refractivity contribution in [1.82, 2.24) is 0 Å². The first-order chi connectivity index (χ1) is 6.29. The van der Waals surface area contributed by atoms with Gasteiger partial charge in [0.15, 0.2) is 0 Å². The molecule has 0 aliphatic rings. The van der Waals surface area contributed by atoms with Crippen LogP contribution in [0, 0.1) is 0 Å². The van der Waals surface area contributed by atoms with Crippen LogP contribution in [0.1, 0.15) is 20.8 Å². The van der Waals surface area contributed by atoms with E-state index in [-0.39, 0.29) is 0 Å². The van der Waals surface area contributed by atoms with Gasteiger partial charge < -0.3 is 0 Å². The van der Waals surface area contributed by atoms with Crippen molar-refractivity contribution in [3.63, 3.8) is 0 Å². The Morgan fingerprint density at radius 3 is 1.77 bits per heavy atom. The van der Waals surface area contributed by atoms with Crippen molar-refractivity contribution in [3.05, 3.63) is 48.4 Å². The molecule has 0 aromatic rings. The van der Waals surface area contributed by atoms with Crippen LogP contribution in [0.2, 0.25) is 0 Å². The molecule has 0 aromatic carbocycles. The Bertz CT molecular complexity index is 177. The first-order valence-corrected chi connectivity index (χ1v) is 5.53. The van der Waals surface area contributed by atoms with Crippen molar-refractivity contribution >= 4 is 11.8 Å². The topological polar surface area (TPSA) is 0 Å².